The van der Waals surface area contributed by atoms with Crippen LogP contribution in [0.25, 0.3) is 0 Å². The van der Waals surface area contributed by atoms with Crippen molar-refractivity contribution in [3.63, 3.8) is 0 Å². The van der Waals surface area contributed by atoms with Crippen molar-refractivity contribution in [2.24, 2.45) is 0 Å². The van der Waals surface area contributed by atoms with Gasteiger partial charge in [-0.3, -0.25) is 0 Å². The van der Waals surface area contributed by atoms with Crippen molar-refractivity contribution in [2.75, 3.05) is 5.73 Å². The van der Waals surface area contributed by atoms with Gasteiger partial charge in [0.25, 0.3) is 0 Å². The van der Waals surface area contributed by atoms with E-state index in [0.717, 1.165) is 12.1 Å². The van der Waals surface area contributed by atoms with Crippen molar-refractivity contribution in [3.8, 4) is 0 Å². The van der Waals surface area contributed by atoms with E-state index in [-0.39, 0.29) is 23.1 Å². The van der Waals surface area contributed by atoms with Crippen LogP contribution in [0, 0.1) is 12.7 Å². The van der Waals surface area contributed by atoms with Crippen LogP contribution in [0.1, 0.15) is 11.7 Å². The van der Waals surface area contributed by atoms with E-state index >= 15 is 0 Å². The van der Waals surface area contributed by atoms with E-state index in [0.29, 0.717) is 5.82 Å². The normalized spacial score (nSPS) is 11.8. The second kappa shape index (κ2) is 5.35. The van der Waals surface area contributed by atoms with Crippen LogP contribution in [-0.4, -0.2) is 18.6 Å². The number of nitrogens with two attached hydrogens (primary N) is 1. The lowest BCUT2D eigenvalue weighted by Gasteiger charge is -2.08. The molecule has 0 bridgehead atoms. The van der Waals surface area contributed by atoms with Crippen molar-refractivity contribution in [1.29, 1.82) is 0 Å². The summed E-state index contributed by atoms with van der Waals surface area (Å²) in [5.74, 6) is -0.658. The van der Waals surface area contributed by atoms with Gasteiger partial charge in [0.05, 0.1) is 11.6 Å². The van der Waals surface area contributed by atoms with Gasteiger partial charge in [0, 0.05) is 5.69 Å². The Bertz CT molecular complexity index is 747. The van der Waals surface area contributed by atoms with Gasteiger partial charge >= 0.3 is 0 Å². The Hall–Kier alpha value is -1.71. The number of hydrogen-bond acceptors (Lipinski definition) is 6. The number of halogens is 2. The summed E-state index contributed by atoms with van der Waals surface area (Å²) in [5, 5.41) is 3.12. The Balaban J connectivity index is 2.27. The summed E-state index contributed by atoms with van der Waals surface area (Å²) < 4.78 is 44.6. The minimum atomic E-state index is -4.14. The monoisotopic (exact) mass is 320 g/mol. The number of nitrogens with one attached hydrogen (secondary N) is 1. The highest BCUT2D eigenvalue weighted by Crippen LogP contribution is 2.25. The molecule has 0 unspecified atom stereocenters. The largest absolute Gasteiger partial charge is 0.399 e. The minimum absolute atomic E-state index is 0.0328. The number of nitrogens with zero attached hydrogens (tertiary/aromatic N) is 2. The maximum Gasteiger partial charge on any atom is 0.244 e. The Labute approximate surface area is 119 Å². The maximum atomic E-state index is 13.7. The average Bonchev–Trinajstić information content (AvgIpc) is 2.77. The first-order valence-electron chi connectivity index (χ1n) is 5.33. The molecule has 0 spiro atoms. The summed E-state index contributed by atoms with van der Waals surface area (Å²) in [5.41, 5.74) is 5.48. The van der Waals surface area contributed by atoms with Crippen LogP contribution < -0.4 is 10.5 Å². The molecule has 2 aromatic rings. The second-order valence-corrected chi connectivity index (χ2v) is 6.02. The molecule has 1 aromatic carbocycles. The molecule has 7 nitrogen and oxygen atoms in total. The summed E-state index contributed by atoms with van der Waals surface area (Å²) >= 11 is 5.56. The van der Waals surface area contributed by atoms with E-state index in [4.69, 9.17) is 21.9 Å². The van der Waals surface area contributed by atoms with Crippen molar-refractivity contribution in [1.82, 2.24) is 14.9 Å². The first kappa shape index (κ1) is 14.7. The van der Waals surface area contributed by atoms with Crippen molar-refractivity contribution in [2.45, 2.75) is 18.4 Å². The van der Waals surface area contributed by atoms with Crippen molar-refractivity contribution in [3.05, 3.63) is 34.7 Å². The molecule has 0 saturated carbocycles. The average molecular weight is 321 g/mol. The van der Waals surface area contributed by atoms with E-state index in [2.05, 4.69) is 14.9 Å². The van der Waals surface area contributed by atoms with E-state index in [1.165, 1.54) is 0 Å². The first-order valence-corrected chi connectivity index (χ1v) is 7.19. The number of aryl methyl sites for hydroxylation is 1. The highest BCUT2D eigenvalue weighted by atomic mass is 35.5. The highest BCUT2D eigenvalue weighted by molar-refractivity contribution is 7.89. The summed E-state index contributed by atoms with van der Waals surface area (Å²) in [6.45, 7) is 1.31. The van der Waals surface area contributed by atoms with Crippen LogP contribution in [0.5, 0.6) is 0 Å². The zero-order chi connectivity index (χ0) is 14.9. The van der Waals surface area contributed by atoms with Crippen LogP contribution in [0.4, 0.5) is 10.1 Å². The molecular weight excluding hydrogens is 311 g/mol. The van der Waals surface area contributed by atoms with Gasteiger partial charge in [-0.2, -0.15) is 4.98 Å². The summed E-state index contributed by atoms with van der Waals surface area (Å²) in [6.07, 6.45) is 0. The number of anilines is 1. The standard InChI is InChI=1S/C10H10ClFN4O3S/c1-5-15-9(19-16-5)4-14-20(17,18)8-3-6(13)2-7(11)10(8)12/h2-3,14H,4,13H2,1H3. The Morgan fingerprint density at radius 2 is 2.20 bits per heavy atom. The molecule has 1 heterocycles. The van der Waals surface area contributed by atoms with Gasteiger partial charge in [-0.25, -0.2) is 17.5 Å². The van der Waals surface area contributed by atoms with Gasteiger partial charge in [-0.1, -0.05) is 16.8 Å². The number of hydrogen-bond donors (Lipinski definition) is 2. The number of aromatic nitrogens is 2. The molecule has 0 atom stereocenters. The molecule has 0 radical (unpaired) electrons. The highest BCUT2D eigenvalue weighted by Gasteiger charge is 2.22. The Kier molecular flexibility index (Phi) is 3.93. The molecule has 20 heavy (non-hydrogen) atoms. The van der Waals surface area contributed by atoms with Gasteiger partial charge in [0.1, 0.15) is 4.90 Å². The predicted octanol–water partition coefficient (Wildman–Crippen LogP) is 1.23. The Morgan fingerprint density at radius 3 is 2.80 bits per heavy atom. The van der Waals surface area contributed by atoms with Crippen LogP contribution >= 0.6 is 11.6 Å². The molecule has 0 saturated heterocycles. The van der Waals surface area contributed by atoms with Crippen molar-refractivity contribution >= 4 is 27.3 Å². The smallest absolute Gasteiger partial charge is 0.244 e. The third-order valence-electron chi connectivity index (χ3n) is 2.29. The molecule has 2 rings (SSSR count). The fourth-order valence-electron chi connectivity index (χ4n) is 1.43. The number of benzene rings is 1. The summed E-state index contributed by atoms with van der Waals surface area (Å²) in [4.78, 5) is 3.18. The molecule has 0 amide bonds. The number of sulfonamides is 1. The first-order chi connectivity index (χ1) is 9.29. The maximum absolute atomic E-state index is 13.7. The topological polar surface area (TPSA) is 111 Å². The summed E-state index contributed by atoms with van der Waals surface area (Å²) in [6, 6.07) is 2.10. The van der Waals surface area contributed by atoms with Gasteiger partial charge in [0.15, 0.2) is 11.6 Å². The predicted molar refractivity (Wildman–Crippen MR) is 68.9 cm³/mol. The van der Waals surface area contributed by atoms with Crippen molar-refractivity contribution < 1.29 is 17.3 Å². The summed E-state index contributed by atoms with van der Waals surface area (Å²) in [7, 11) is -4.14. The SMILES string of the molecule is Cc1noc(CNS(=O)(=O)c2cc(N)cc(Cl)c2F)n1. The van der Waals surface area contributed by atoms with Crippen LogP contribution in [0.3, 0.4) is 0 Å². The molecule has 0 fully saturated rings. The van der Waals surface area contributed by atoms with Crippen LogP contribution in [0.15, 0.2) is 21.6 Å². The number of nitrogen functional groups attached to an aromatic ring is 1. The lowest BCUT2D eigenvalue weighted by atomic mass is 10.3. The van der Waals surface area contributed by atoms with E-state index in [9.17, 15) is 12.8 Å². The van der Waals surface area contributed by atoms with E-state index in [1.54, 1.807) is 6.92 Å². The third kappa shape index (κ3) is 3.06. The molecule has 0 aliphatic heterocycles. The minimum Gasteiger partial charge on any atom is -0.399 e. The molecule has 108 valence electrons. The third-order valence-corrected chi connectivity index (χ3v) is 3.97. The quantitative estimate of drug-likeness (QED) is 0.820. The van der Waals surface area contributed by atoms with Gasteiger partial charge in [0.2, 0.25) is 15.9 Å². The molecule has 10 heteroatoms. The fourth-order valence-corrected chi connectivity index (χ4v) is 2.82. The lowest BCUT2D eigenvalue weighted by molar-refractivity contribution is 0.372. The van der Waals surface area contributed by atoms with Gasteiger partial charge in [-0.15, -0.1) is 0 Å². The molecule has 1 aromatic heterocycles. The second-order valence-electron chi connectivity index (χ2n) is 3.87. The zero-order valence-electron chi connectivity index (χ0n) is 10.2. The molecular formula is C10H10ClFN4O3S. The zero-order valence-corrected chi connectivity index (χ0v) is 11.8. The Morgan fingerprint density at radius 1 is 1.50 bits per heavy atom. The molecule has 0 aliphatic carbocycles. The van der Waals surface area contributed by atoms with Crippen LogP contribution in [-0.2, 0) is 16.6 Å². The number of rotatable bonds is 4. The fraction of sp³-hybridized carbons (Fsp3) is 0.200. The van der Waals surface area contributed by atoms with Gasteiger partial charge in [-0.05, 0) is 19.1 Å². The molecule has 0 aliphatic rings. The van der Waals surface area contributed by atoms with E-state index in [1.807, 2.05) is 0 Å². The molecule has 3 N–H and O–H groups in total. The van der Waals surface area contributed by atoms with Gasteiger partial charge < -0.3 is 10.3 Å². The van der Waals surface area contributed by atoms with E-state index < -0.39 is 20.7 Å². The lowest BCUT2D eigenvalue weighted by Crippen LogP contribution is -2.24. The van der Waals surface area contributed by atoms with Crippen LogP contribution in [0.2, 0.25) is 5.02 Å².